The van der Waals surface area contributed by atoms with Gasteiger partial charge in [0.05, 0.1) is 27.8 Å². The molecule has 1 N–H and O–H groups in total. The van der Waals surface area contributed by atoms with E-state index < -0.39 is 0 Å². The number of nitrogens with one attached hydrogen (secondary N) is 1. The van der Waals surface area contributed by atoms with Gasteiger partial charge in [0.25, 0.3) is 0 Å². The molecule has 1 amide bonds. The average molecular weight is 436 g/mol. The highest BCUT2D eigenvalue weighted by Crippen LogP contribution is 2.26. The maximum Gasteiger partial charge on any atom is 0.326 e. The van der Waals surface area contributed by atoms with E-state index in [1.165, 1.54) is 0 Å². The van der Waals surface area contributed by atoms with Crippen LogP contribution in [0.5, 0.6) is 0 Å². The van der Waals surface area contributed by atoms with Gasteiger partial charge in [-0.1, -0.05) is 24.3 Å². The molecular formula is C23H25N5O2S. The van der Waals surface area contributed by atoms with E-state index in [1.54, 1.807) is 11.8 Å². The van der Waals surface area contributed by atoms with Crippen LogP contribution < -0.4 is 5.69 Å². The van der Waals surface area contributed by atoms with Crippen LogP contribution in [0.2, 0.25) is 0 Å². The molecule has 0 unspecified atom stereocenters. The summed E-state index contributed by atoms with van der Waals surface area (Å²) in [7, 11) is 0. The van der Waals surface area contributed by atoms with Crippen LogP contribution in [0.4, 0.5) is 0 Å². The van der Waals surface area contributed by atoms with Crippen molar-refractivity contribution in [3.05, 3.63) is 64.8 Å². The number of fused-ring (bicyclic) bond motifs is 2. The Labute approximate surface area is 184 Å². The highest BCUT2D eigenvalue weighted by atomic mass is 32.2. The van der Waals surface area contributed by atoms with Crippen molar-refractivity contribution in [2.45, 2.75) is 31.2 Å². The molecule has 1 saturated heterocycles. The molecule has 0 saturated carbocycles. The lowest BCUT2D eigenvalue weighted by Crippen LogP contribution is -2.42. The smallest absolute Gasteiger partial charge is 0.326 e. The number of hydrogen-bond acceptors (Lipinski definition) is 4. The minimum atomic E-state index is -0.0717. The number of likely N-dealkylation sites (tertiary alicyclic amines) is 1. The van der Waals surface area contributed by atoms with Crippen molar-refractivity contribution in [1.29, 1.82) is 0 Å². The van der Waals surface area contributed by atoms with Crippen LogP contribution in [-0.4, -0.2) is 49.3 Å². The average Bonchev–Trinajstić information content (AvgIpc) is 3.31. The van der Waals surface area contributed by atoms with Gasteiger partial charge in [-0.25, -0.2) is 9.78 Å². The number of aromatic amines is 1. The van der Waals surface area contributed by atoms with Crippen molar-refractivity contribution >= 4 is 39.7 Å². The first-order valence-corrected chi connectivity index (χ1v) is 11.9. The molecule has 8 heteroatoms. The number of imidazole rings is 2. The van der Waals surface area contributed by atoms with Gasteiger partial charge in [-0.05, 0) is 43.4 Å². The third-order valence-corrected chi connectivity index (χ3v) is 6.65. The number of benzene rings is 2. The van der Waals surface area contributed by atoms with Gasteiger partial charge in [-0.2, -0.15) is 11.8 Å². The normalized spacial score (nSPS) is 15.2. The zero-order valence-electron chi connectivity index (χ0n) is 17.5. The number of carbonyl (C=O) groups excluding carboxylic acids is 1. The van der Waals surface area contributed by atoms with Gasteiger partial charge in [-0.3, -0.25) is 9.36 Å². The Balaban J connectivity index is 1.32. The summed E-state index contributed by atoms with van der Waals surface area (Å²) in [4.78, 5) is 35.2. The van der Waals surface area contributed by atoms with Gasteiger partial charge < -0.3 is 14.5 Å². The Morgan fingerprint density at radius 1 is 1.10 bits per heavy atom. The predicted molar refractivity (Wildman–Crippen MR) is 124 cm³/mol. The minimum Gasteiger partial charge on any atom is -0.341 e. The van der Waals surface area contributed by atoms with Crippen molar-refractivity contribution in [2.24, 2.45) is 0 Å². The summed E-state index contributed by atoms with van der Waals surface area (Å²) in [6, 6.07) is 15.9. The molecule has 2 aromatic heterocycles. The highest BCUT2D eigenvalue weighted by molar-refractivity contribution is 7.97. The number of thioether (sulfide) groups is 1. The molecule has 0 radical (unpaired) electrons. The molecule has 0 aliphatic carbocycles. The number of carbonyl (C=O) groups is 1. The van der Waals surface area contributed by atoms with E-state index in [0.29, 0.717) is 19.6 Å². The lowest BCUT2D eigenvalue weighted by atomic mass is 10.0. The van der Waals surface area contributed by atoms with E-state index in [-0.39, 0.29) is 17.6 Å². The van der Waals surface area contributed by atoms with Crippen LogP contribution in [-0.2, 0) is 17.1 Å². The van der Waals surface area contributed by atoms with Crippen LogP contribution in [0, 0.1) is 0 Å². The Morgan fingerprint density at radius 3 is 2.58 bits per heavy atom. The molecule has 4 aromatic rings. The van der Waals surface area contributed by atoms with Gasteiger partial charge >= 0.3 is 5.69 Å². The lowest BCUT2D eigenvalue weighted by Gasteiger charge is -2.32. The second-order valence-electron chi connectivity index (χ2n) is 7.97. The van der Waals surface area contributed by atoms with Gasteiger partial charge in [-0.15, -0.1) is 0 Å². The van der Waals surface area contributed by atoms with Gasteiger partial charge in [0.15, 0.2) is 0 Å². The van der Waals surface area contributed by atoms with Crippen molar-refractivity contribution in [3.63, 3.8) is 0 Å². The Kier molecular flexibility index (Phi) is 5.31. The van der Waals surface area contributed by atoms with E-state index >= 15 is 0 Å². The first kappa shape index (κ1) is 19.9. The summed E-state index contributed by atoms with van der Waals surface area (Å²) in [5, 5.41) is 0. The molecule has 5 rings (SSSR count). The van der Waals surface area contributed by atoms with Crippen molar-refractivity contribution in [3.8, 4) is 0 Å². The number of amides is 1. The third kappa shape index (κ3) is 3.65. The maximum absolute atomic E-state index is 13.1. The second-order valence-corrected chi connectivity index (χ2v) is 8.83. The molecule has 0 spiro atoms. The van der Waals surface area contributed by atoms with Gasteiger partial charge in [0, 0.05) is 19.1 Å². The fourth-order valence-corrected chi connectivity index (χ4v) is 5.07. The Morgan fingerprint density at radius 2 is 1.81 bits per heavy atom. The number of para-hydroxylation sites is 4. The van der Waals surface area contributed by atoms with Crippen LogP contribution >= 0.6 is 11.8 Å². The first-order valence-electron chi connectivity index (χ1n) is 10.6. The van der Waals surface area contributed by atoms with Crippen molar-refractivity contribution < 1.29 is 4.79 Å². The van der Waals surface area contributed by atoms with Crippen molar-refractivity contribution in [2.75, 3.05) is 19.3 Å². The molecule has 7 nitrogen and oxygen atoms in total. The summed E-state index contributed by atoms with van der Waals surface area (Å²) in [5.41, 5.74) is 3.65. The first-order chi connectivity index (χ1) is 15.2. The summed E-state index contributed by atoms with van der Waals surface area (Å²) in [6.45, 7) is 1.61. The topological polar surface area (TPSA) is 75.9 Å². The fourth-order valence-electron chi connectivity index (χ4n) is 4.59. The number of piperidine rings is 1. The van der Waals surface area contributed by atoms with Gasteiger partial charge in [0.2, 0.25) is 5.91 Å². The summed E-state index contributed by atoms with van der Waals surface area (Å²) < 4.78 is 3.90. The maximum atomic E-state index is 13.1. The SMILES string of the molecule is CSCc1nc2ccccc2n1CC(=O)N1CCC(n2c(=O)[nH]c3ccccc32)CC1. The van der Waals surface area contributed by atoms with E-state index in [4.69, 9.17) is 4.98 Å². The quantitative estimate of drug-likeness (QED) is 0.521. The van der Waals surface area contributed by atoms with E-state index in [1.807, 2.05) is 68.8 Å². The molecule has 1 aliphatic rings. The molecule has 0 atom stereocenters. The highest BCUT2D eigenvalue weighted by Gasteiger charge is 2.26. The standard InChI is InChI=1S/C23H25N5O2S/c1-31-15-21-24-17-6-2-4-8-19(17)27(21)14-22(29)26-12-10-16(11-13-26)28-20-9-5-3-7-18(20)25-23(28)30/h2-9,16H,10-15H2,1H3,(H,25,30). The summed E-state index contributed by atoms with van der Waals surface area (Å²) >= 11 is 1.70. The van der Waals surface area contributed by atoms with Gasteiger partial charge in [0.1, 0.15) is 12.4 Å². The molecular weight excluding hydrogens is 410 g/mol. The largest absolute Gasteiger partial charge is 0.341 e. The Hall–Kier alpha value is -3.00. The Bertz CT molecular complexity index is 1300. The van der Waals surface area contributed by atoms with Crippen LogP contribution in [0.15, 0.2) is 53.3 Å². The second kappa shape index (κ2) is 8.26. The zero-order valence-corrected chi connectivity index (χ0v) is 18.3. The van der Waals surface area contributed by atoms with E-state index in [9.17, 15) is 9.59 Å². The van der Waals surface area contributed by atoms with Crippen molar-refractivity contribution in [1.82, 2.24) is 24.0 Å². The van der Waals surface area contributed by atoms with E-state index in [2.05, 4.69) is 4.98 Å². The summed E-state index contributed by atoms with van der Waals surface area (Å²) in [6.07, 6.45) is 3.59. The number of nitrogens with zero attached hydrogens (tertiary/aromatic N) is 4. The van der Waals surface area contributed by atoms with E-state index in [0.717, 1.165) is 46.5 Å². The molecule has 3 heterocycles. The number of aromatic nitrogens is 4. The molecule has 0 bridgehead atoms. The van der Waals surface area contributed by atoms with Crippen LogP contribution in [0.25, 0.3) is 22.1 Å². The van der Waals surface area contributed by atoms with Crippen LogP contribution in [0.1, 0.15) is 24.7 Å². The molecule has 1 aliphatic heterocycles. The number of H-pyrrole nitrogens is 1. The monoisotopic (exact) mass is 435 g/mol. The number of rotatable bonds is 5. The molecule has 1 fully saturated rings. The predicted octanol–water partition coefficient (Wildman–Crippen LogP) is 3.41. The lowest BCUT2D eigenvalue weighted by molar-refractivity contribution is -0.133. The zero-order chi connectivity index (χ0) is 21.4. The van der Waals surface area contributed by atoms with Crippen LogP contribution in [0.3, 0.4) is 0 Å². The summed E-state index contributed by atoms with van der Waals surface area (Å²) in [5.74, 6) is 1.81. The minimum absolute atomic E-state index is 0.0717. The molecule has 31 heavy (non-hydrogen) atoms. The molecule has 160 valence electrons. The fraction of sp³-hybridized carbons (Fsp3) is 0.348. The third-order valence-electron chi connectivity index (χ3n) is 6.11. The number of hydrogen-bond donors (Lipinski definition) is 1. The molecule has 2 aromatic carbocycles.